The minimum Gasteiger partial charge on any atom is -0.485 e. The molecule has 0 N–H and O–H groups in total. The maximum Gasteiger partial charge on any atom is 0.162 e. The standard InChI is InChI=1S/C25H22O/c1-24-17-18-26-25(20-13-7-3-8-14-20,21-15-9-4-10-16-21)23(24)22(24)19-11-5-2-6-12-19/h2-18,22-23H,1H3/t22?,23-,24+/m0/s1. The molecule has 1 heteroatoms. The number of benzene rings is 3. The Balaban J connectivity index is 1.72. The highest BCUT2D eigenvalue weighted by molar-refractivity contribution is 5.49. The molecule has 0 spiro atoms. The van der Waals surface area contributed by atoms with Gasteiger partial charge in [-0.15, -0.1) is 0 Å². The number of fused-ring (bicyclic) bond motifs is 1. The van der Waals surface area contributed by atoms with Crippen molar-refractivity contribution in [3.8, 4) is 0 Å². The summed E-state index contributed by atoms with van der Waals surface area (Å²) in [5.41, 5.74) is 3.50. The third-order valence-electron chi connectivity index (χ3n) is 6.25. The van der Waals surface area contributed by atoms with Gasteiger partial charge in [-0.2, -0.15) is 0 Å². The third kappa shape index (κ3) is 2.03. The Morgan fingerprint density at radius 3 is 1.73 bits per heavy atom. The molecule has 0 aromatic heterocycles. The van der Waals surface area contributed by atoms with Gasteiger partial charge in [0.2, 0.25) is 0 Å². The largest absolute Gasteiger partial charge is 0.485 e. The van der Waals surface area contributed by atoms with Crippen LogP contribution in [-0.4, -0.2) is 0 Å². The van der Waals surface area contributed by atoms with Gasteiger partial charge in [0.1, 0.15) is 0 Å². The van der Waals surface area contributed by atoms with Gasteiger partial charge in [-0.3, -0.25) is 0 Å². The first-order valence-corrected chi connectivity index (χ1v) is 9.28. The van der Waals surface area contributed by atoms with Gasteiger partial charge >= 0.3 is 0 Å². The Bertz CT molecular complexity index is 890. The molecule has 3 aromatic carbocycles. The Hall–Kier alpha value is -2.80. The van der Waals surface area contributed by atoms with E-state index in [1.54, 1.807) is 0 Å². The highest BCUT2D eigenvalue weighted by Crippen LogP contribution is 2.75. The Morgan fingerprint density at radius 1 is 0.692 bits per heavy atom. The molecule has 3 atom stereocenters. The van der Waals surface area contributed by atoms with Gasteiger partial charge in [0.05, 0.1) is 6.26 Å². The molecule has 0 saturated heterocycles. The van der Waals surface area contributed by atoms with Crippen LogP contribution in [0.1, 0.15) is 29.5 Å². The van der Waals surface area contributed by atoms with E-state index in [1.165, 1.54) is 16.7 Å². The van der Waals surface area contributed by atoms with Gasteiger partial charge in [0, 0.05) is 28.4 Å². The molecule has 1 aliphatic carbocycles. The molecule has 0 amide bonds. The smallest absolute Gasteiger partial charge is 0.162 e. The van der Waals surface area contributed by atoms with E-state index in [4.69, 9.17) is 4.74 Å². The van der Waals surface area contributed by atoms with Crippen molar-refractivity contribution in [1.29, 1.82) is 0 Å². The van der Waals surface area contributed by atoms with Crippen molar-refractivity contribution in [1.82, 2.24) is 0 Å². The van der Waals surface area contributed by atoms with E-state index < -0.39 is 5.60 Å². The average molecular weight is 338 g/mol. The number of ether oxygens (including phenoxy) is 1. The van der Waals surface area contributed by atoms with Crippen molar-refractivity contribution >= 4 is 0 Å². The number of hydrogen-bond donors (Lipinski definition) is 0. The molecule has 5 rings (SSSR count). The van der Waals surface area contributed by atoms with Crippen molar-refractivity contribution in [2.45, 2.75) is 18.4 Å². The summed E-state index contributed by atoms with van der Waals surface area (Å²) in [4.78, 5) is 0. The van der Waals surface area contributed by atoms with E-state index >= 15 is 0 Å². The lowest BCUT2D eigenvalue weighted by Crippen LogP contribution is -2.36. The van der Waals surface area contributed by atoms with Gasteiger partial charge in [-0.1, -0.05) is 97.9 Å². The van der Waals surface area contributed by atoms with Gasteiger partial charge < -0.3 is 4.74 Å². The van der Waals surface area contributed by atoms with E-state index in [0.29, 0.717) is 11.8 Å². The summed E-state index contributed by atoms with van der Waals surface area (Å²) in [7, 11) is 0. The average Bonchev–Trinajstić information content (AvgIpc) is 3.36. The zero-order valence-electron chi connectivity index (χ0n) is 14.9. The molecule has 0 bridgehead atoms. The van der Waals surface area contributed by atoms with Gasteiger partial charge in [-0.05, 0) is 11.6 Å². The van der Waals surface area contributed by atoms with Gasteiger partial charge in [0.25, 0.3) is 0 Å². The Labute approximate surface area is 155 Å². The van der Waals surface area contributed by atoms with E-state index in [2.05, 4.69) is 104 Å². The zero-order valence-corrected chi connectivity index (χ0v) is 14.9. The highest BCUT2D eigenvalue weighted by Gasteiger charge is 2.72. The Morgan fingerprint density at radius 2 is 1.19 bits per heavy atom. The van der Waals surface area contributed by atoms with Crippen LogP contribution in [0.5, 0.6) is 0 Å². The summed E-state index contributed by atoms with van der Waals surface area (Å²) in [6, 6.07) is 32.3. The van der Waals surface area contributed by atoms with Crippen molar-refractivity contribution in [3.63, 3.8) is 0 Å². The van der Waals surface area contributed by atoms with Crippen LogP contribution in [0.2, 0.25) is 0 Å². The fourth-order valence-electron chi connectivity index (χ4n) is 5.02. The molecular formula is C25H22O. The lowest BCUT2D eigenvalue weighted by molar-refractivity contribution is 0.0134. The summed E-state index contributed by atoms with van der Waals surface area (Å²) in [5.74, 6) is 0.815. The Kier molecular flexibility index (Phi) is 3.33. The summed E-state index contributed by atoms with van der Waals surface area (Å²) in [6.07, 6.45) is 4.19. The molecule has 1 nitrogen and oxygen atoms in total. The minimum atomic E-state index is -0.452. The summed E-state index contributed by atoms with van der Waals surface area (Å²) >= 11 is 0. The van der Waals surface area contributed by atoms with E-state index in [1.807, 2.05) is 6.26 Å². The quantitative estimate of drug-likeness (QED) is 0.578. The van der Waals surface area contributed by atoms with Crippen LogP contribution in [0.3, 0.4) is 0 Å². The number of hydrogen-bond acceptors (Lipinski definition) is 1. The predicted octanol–water partition coefficient (Wildman–Crippen LogP) is 5.89. The lowest BCUT2D eigenvalue weighted by atomic mass is 9.77. The maximum atomic E-state index is 6.53. The topological polar surface area (TPSA) is 9.23 Å². The molecule has 1 fully saturated rings. The van der Waals surface area contributed by atoms with Crippen molar-refractivity contribution in [2.24, 2.45) is 11.3 Å². The first kappa shape index (κ1) is 15.5. The van der Waals surface area contributed by atoms with E-state index in [9.17, 15) is 0 Å². The highest BCUT2D eigenvalue weighted by atomic mass is 16.5. The lowest BCUT2D eigenvalue weighted by Gasteiger charge is -2.38. The van der Waals surface area contributed by atoms with Gasteiger partial charge in [0.15, 0.2) is 5.60 Å². The van der Waals surface area contributed by atoms with Crippen LogP contribution >= 0.6 is 0 Å². The monoisotopic (exact) mass is 338 g/mol. The second-order valence-electron chi connectivity index (χ2n) is 7.62. The fraction of sp³-hybridized carbons (Fsp3) is 0.200. The molecule has 128 valence electrons. The second kappa shape index (κ2) is 5.60. The van der Waals surface area contributed by atoms with Crippen LogP contribution < -0.4 is 0 Å². The van der Waals surface area contributed by atoms with Crippen LogP contribution in [0.4, 0.5) is 0 Å². The molecule has 0 radical (unpaired) electrons. The molecule has 2 aliphatic rings. The normalized spacial score (nSPS) is 28.0. The molecule has 1 saturated carbocycles. The van der Waals surface area contributed by atoms with E-state index in [-0.39, 0.29) is 5.41 Å². The SMILES string of the molecule is C[C@]12C=COC(c3ccccc3)(c3ccccc3)[C@H]1C2c1ccccc1. The second-order valence-corrected chi connectivity index (χ2v) is 7.62. The minimum absolute atomic E-state index is 0.102. The zero-order chi connectivity index (χ0) is 17.6. The maximum absolute atomic E-state index is 6.53. The number of rotatable bonds is 3. The first-order valence-electron chi connectivity index (χ1n) is 9.28. The molecular weight excluding hydrogens is 316 g/mol. The van der Waals surface area contributed by atoms with Gasteiger partial charge in [-0.25, -0.2) is 0 Å². The van der Waals surface area contributed by atoms with Crippen molar-refractivity contribution < 1.29 is 4.74 Å². The molecule has 1 heterocycles. The molecule has 1 aliphatic heterocycles. The summed E-state index contributed by atoms with van der Waals surface area (Å²) < 4.78 is 6.53. The van der Waals surface area contributed by atoms with Crippen molar-refractivity contribution in [2.75, 3.05) is 0 Å². The molecule has 3 aromatic rings. The van der Waals surface area contributed by atoms with Crippen LogP contribution in [-0.2, 0) is 10.3 Å². The molecule has 1 unspecified atom stereocenters. The van der Waals surface area contributed by atoms with Crippen LogP contribution in [0.15, 0.2) is 103 Å². The summed E-state index contributed by atoms with van der Waals surface area (Å²) in [6.45, 7) is 2.37. The first-order chi connectivity index (χ1) is 12.8. The molecule has 26 heavy (non-hydrogen) atoms. The van der Waals surface area contributed by atoms with Crippen LogP contribution in [0, 0.1) is 11.3 Å². The van der Waals surface area contributed by atoms with E-state index in [0.717, 1.165) is 0 Å². The van der Waals surface area contributed by atoms with Crippen LogP contribution in [0.25, 0.3) is 0 Å². The predicted molar refractivity (Wildman–Crippen MR) is 105 cm³/mol. The fourth-order valence-corrected chi connectivity index (χ4v) is 5.02. The van der Waals surface area contributed by atoms with Crippen molar-refractivity contribution in [3.05, 3.63) is 120 Å². The number of allylic oxidation sites excluding steroid dienone is 1. The third-order valence-corrected chi connectivity index (χ3v) is 6.25. The summed E-state index contributed by atoms with van der Waals surface area (Å²) in [5, 5.41) is 0.